The summed E-state index contributed by atoms with van der Waals surface area (Å²) in [6.45, 7) is 1.81. The van der Waals surface area contributed by atoms with Crippen molar-refractivity contribution in [3.8, 4) is 22.4 Å². The Bertz CT molecular complexity index is 877. The van der Waals surface area contributed by atoms with Crippen LogP contribution in [0, 0.1) is 0 Å². The number of hydrogen-bond acceptors (Lipinski definition) is 3. The summed E-state index contributed by atoms with van der Waals surface area (Å²) in [6.07, 6.45) is 0.604. The quantitative estimate of drug-likeness (QED) is 0.663. The number of nitrogens with zero attached hydrogens (tertiary/aromatic N) is 1. The molecular formula is C20H19N3O2. The first-order chi connectivity index (χ1) is 12.0. The van der Waals surface area contributed by atoms with Gasteiger partial charge in [-0.15, -0.1) is 0 Å². The van der Waals surface area contributed by atoms with Crippen molar-refractivity contribution in [3.63, 3.8) is 0 Å². The average molecular weight is 333 g/mol. The average Bonchev–Trinajstić information content (AvgIpc) is 2.62. The molecule has 2 aromatic carbocycles. The first-order valence-electron chi connectivity index (χ1n) is 7.95. The highest BCUT2D eigenvalue weighted by atomic mass is 16.4. The minimum Gasteiger partial charge on any atom is -0.465 e. The van der Waals surface area contributed by atoms with Crippen LogP contribution in [0.1, 0.15) is 18.5 Å². The predicted molar refractivity (Wildman–Crippen MR) is 99.1 cm³/mol. The molecule has 3 aromatic rings. The third kappa shape index (κ3) is 3.77. The van der Waals surface area contributed by atoms with Gasteiger partial charge in [0.1, 0.15) is 0 Å². The predicted octanol–water partition coefficient (Wildman–Crippen LogP) is 4.33. The van der Waals surface area contributed by atoms with E-state index in [2.05, 4.69) is 10.3 Å². The Balaban J connectivity index is 1.98. The third-order valence-corrected chi connectivity index (χ3v) is 4.02. The number of aromatic nitrogens is 1. The minimum absolute atomic E-state index is 0.278. The van der Waals surface area contributed by atoms with Crippen molar-refractivity contribution in [3.05, 3.63) is 72.4 Å². The first kappa shape index (κ1) is 16.5. The molecular weight excluding hydrogens is 314 g/mol. The number of rotatable bonds is 4. The summed E-state index contributed by atoms with van der Waals surface area (Å²) < 4.78 is 0. The molecule has 1 amide bonds. The van der Waals surface area contributed by atoms with Crippen LogP contribution >= 0.6 is 0 Å². The van der Waals surface area contributed by atoms with Crippen LogP contribution in [0.25, 0.3) is 22.4 Å². The number of hydrogen-bond donors (Lipinski definition) is 3. The second-order valence-electron chi connectivity index (χ2n) is 5.82. The molecule has 1 atom stereocenters. The summed E-state index contributed by atoms with van der Waals surface area (Å²) in [4.78, 5) is 15.3. The van der Waals surface area contributed by atoms with E-state index in [-0.39, 0.29) is 6.04 Å². The van der Waals surface area contributed by atoms with Gasteiger partial charge in [-0.1, -0.05) is 54.6 Å². The largest absolute Gasteiger partial charge is 0.465 e. The standard InChI is InChI=1S/C20H19N3O2/c1-13(23-20(24)25)14-7-9-16(10-8-14)19-18(11-17(21)12-22-19)15-5-3-2-4-6-15/h2-13,23H,21H2,1H3,(H,24,25). The molecule has 0 aliphatic heterocycles. The van der Waals surface area contributed by atoms with Gasteiger partial charge in [-0.25, -0.2) is 4.79 Å². The molecule has 0 aliphatic carbocycles. The van der Waals surface area contributed by atoms with E-state index in [4.69, 9.17) is 10.8 Å². The summed E-state index contributed by atoms with van der Waals surface area (Å²) in [6, 6.07) is 19.3. The SMILES string of the molecule is CC(NC(=O)O)c1ccc(-c2ncc(N)cc2-c2ccccc2)cc1. The third-order valence-electron chi connectivity index (χ3n) is 4.02. The second-order valence-corrected chi connectivity index (χ2v) is 5.82. The van der Waals surface area contributed by atoms with E-state index in [1.165, 1.54) is 0 Å². The van der Waals surface area contributed by atoms with Gasteiger partial charge in [-0.3, -0.25) is 4.98 Å². The van der Waals surface area contributed by atoms with Crippen LogP contribution in [0.3, 0.4) is 0 Å². The molecule has 1 heterocycles. The maximum atomic E-state index is 10.8. The van der Waals surface area contributed by atoms with Crippen molar-refractivity contribution < 1.29 is 9.90 Å². The molecule has 25 heavy (non-hydrogen) atoms. The van der Waals surface area contributed by atoms with Crippen LogP contribution in [0.2, 0.25) is 0 Å². The molecule has 5 nitrogen and oxygen atoms in total. The van der Waals surface area contributed by atoms with E-state index in [1.807, 2.05) is 60.7 Å². The zero-order valence-corrected chi connectivity index (χ0v) is 13.8. The van der Waals surface area contributed by atoms with Gasteiger partial charge in [0.2, 0.25) is 0 Å². The van der Waals surface area contributed by atoms with E-state index in [0.29, 0.717) is 5.69 Å². The maximum Gasteiger partial charge on any atom is 0.405 e. The zero-order valence-electron chi connectivity index (χ0n) is 13.8. The van der Waals surface area contributed by atoms with E-state index in [0.717, 1.165) is 27.9 Å². The van der Waals surface area contributed by atoms with Gasteiger partial charge in [0.05, 0.1) is 23.6 Å². The molecule has 0 saturated carbocycles. The fourth-order valence-corrected chi connectivity index (χ4v) is 2.75. The molecule has 1 unspecified atom stereocenters. The van der Waals surface area contributed by atoms with Gasteiger partial charge in [0.25, 0.3) is 0 Å². The molecule has 4 N–H and O–H groups in total. The van der Waals surface area contributed by atoms with E-state index < -0.39 is 6.09 Å². The maximum absolute atomic E-state index is 10.8. The Morgan fingerprint density at radius 2 is 1.76 bits per heavy atom. The number of amides is 1. The second kappa shape index (κ2) is 7.05. The topological polar surface area (TPSA) is 88.2 Å². The number of carbonyl (C=O) groups is 1. The zero-order chi connectivity index (χ0) is 17.8. The fourth-order valence-electron chi connectivity index (χ4n) is 2.75. The Hall–Kier alpha value is -3.34. The number of nitrogens with two attached hydrogens (primary N) is 1. The summed E-state index contributed by atoms with van der Waals surface area (Å²) >= 11 is 0. The number of nitrogen functional groups attached to an aromatic ring is 1. The van der Waals surface area contributed by atoms with Crippen LogP contribution in [0.4, 0.5) is 10.5 Å². The number of carboxylic acid groups (broad SMARTS) is 1. The van der Waals surface area contributed by atoms with Crippen LogP contribution in [-0.2, 0) is 0 Å². The van der Waals surface area contributed by atoms with Crippen molar-refractivity contribution in [2.75, 3.05) is 5.73 Å². The molecule has 1 aromatic heterocycles. The monoisotopic (exact) mass is 333 g/mol. The smallest absolute Gasteiger partial charge is 0.405 e. The summed E-state index contributed by atoms with van der Waals surface area (Å²) in [7, 11) is 0. The van der Waals surface area contributed by atoms with Crippen LogP contribution < -0.4 is 11.1 Å². The Kier molecular flexibility index (Phi) is 4.66. The summed E-state index contributed by atoms with van der Waals surface area (Å²) in [5, 5.41) is 11.3. The van der Waals surface area contributed by atoms with Crippen molar-refractivity contribution in [1.29, 1.82) is 0 Å². The van der Waals surface area contributed by atoms with Gasteiger partial charge < -0.3 is 16.2 Å². The molecule has 0 aliphatic rings. The Morgan fingerprint density at radius 1 is 1.08 bits per heavy atom. The van der Waals surface area contributed by atoms with Gasteiger partial charge in [0, 0.05) is 11.1 Å². The number of benzene rings is 2. The molecule has 0 saturated heterocycles. The molecule has 3 rings (SSSR count). The molecule has 0 bridgehead atoms. The van der Waals surface area contributed by atoms with Gasteiger partial charge in [0.15, 0.2) is 0 Å². The summed E-state index contributed by atoms with van der Waals surface area (Å²) in [5.41, 5.74) is 11.2. The van der Waals surface area contributed by atoms with Crippen LogP contribution in [-0.4, -0.2) is 16.2 Å². The molecule has 0 fully saturated rings. The van der Waals surface area contributed by atoms with Crippen molar-refractivity contribution in [2.45, 2.75) is 13.0 Å². The molecule has 0 radical (unpaired) electrons. The number of anilines is 1. The minimum atomic E-state index is -1.04. The molecule has 126 valence electrons. The van der Waals surface area contributed by atoms with Crippen molar-refractivity contribution in [2.24, 2.45) is 0 Å². The highest BCUT2D eigenvalue weighted by molar-refractivity contribution is 5.82. The normalized spacial score (nSPS) is 11.7. The lowest BCUT2D eigenvalue weighted by Gasteiger charge is -2.14. The van der Waals surface area contributed by atoms with Crippen LogP contribution in [0.5, 0.6) is 0 Å². The van der Waals surface area contributed by atoms with E-state index >= 15 is 0 Å². The fraction of sp³-hybridized carbons (Fsp3) is 0.100. The highest BCUT2D eigenvalue weighted by Gasteiger charge is 2.12. The van der Waals surface area contributed by atoms with Gasteiger partial charge in [-0.2, -0.15) is 0 Å². The lowest BCUT2D eigenvalue weighted by Crippen LogP contribution is -2.24. The first-order valence-corrected chi connectivity index (χ1v) is 7.95. The van der Waals surface area contributed by atoms with Gasteiger partial charge >= 0.3 is 6.09 Å². The molecule has 5 heteroatoms. The van der Waals surface area contributed by atoms with Crippen molar-refractivity contribution in [1.82, 2.24) is 10.3 Å². The lowest BCUT2D eigenvalue weighted by atomic mass is 9.97. The molecule has 0 spiro atoms. The Morgan fingerprint density at radius 3 is 2.40 bits per heavy atom. The van der Waals surface area contributed by atoms with Crippen LogP contribution in [0.15, 0.2) is 66.9 Å². The van der Waals surface area contributed by atoms with E-state index in [9.17, 15) is 4.79 Å². The number of pyridine rings is 1. The van der Waals surface area contributed by atoms with Crippen molar-refractivity contribution >= 4 is 11.8 Å². The Labute approximate surface area is 146 Å². The highest BCUT2D eigenvalue weighted by Crippen LogP contribution is 2.32. The van der Waals surface area contributed by atoms with E-state index in [1.54, 1.807) is 13.1 Å². The lowest BCUT2D eigenvalue weighted by molar-refractivity contribution is 0.191. The number of nitrogens with one attached hydrogen (secondary N) is 1. The van der Waals surface area contributed by atoms with Gasteiger partial charge in [-0.05, 0) is 24.1 Å². The summed E-state index contributed by atoms with van der Waals surface area (Å²) in [5.74, 6) is 0.